The van der Waals surface area contributed by atoms with Crippen molar-refractivity contribution in [3.63, 3.8) is 0 Å². The normalized spacial score (nSPS) is 20.9. The minimum atomic E-state index is 0.0350. The first-order chi connectivity index (χ1) is 15.8. The summed E-state index contributed by atoms with van der Waals surface area (Å²) in [6.45, 7) is 13.0. The van der Waals surface area contributed by atoms with E-state index in [-0.39, 0.29) is 16.8 Å². The highest BCUT2D eigenvalue weighted by Crippen LogP contribution is 2.36. The Kier molecular flexibility index (Phi) is 6.19. The second kappa shape index (κ2) is 8.69. The topological polar surface area (TPSA) is 104 Å². The van der Waals surface area contributed by atoms with Gasteiger partial charge in [-0.15, -0.1) is 0 Å². The first-order valence-corrected chi connectivity index (χ1v) is 12.2. The molecule has 2 fully saturated rings. The number of aryl methyl sites for hydroxylation is 1. The van der Waals surface area contributed by atoms with Gasteiger partial charge in [0.15, 0.2) is 0 Å². The summed E-state index contributed by atoms with van der Waals surface area (Å²) in [6, 6.07) is 6.08. The van der Waals surface area contributed by atoms with Gasteiger partial charge in [0.1, 0.15) is 5.75 Å². The lowest BCUT2D eigenvalue weighted by atomic mass is 9.79. The Morgan fingerprint density at radius 3 is 2.35 bits per heavy atom. The number of nitrogens with two attached hydrogens (primary N) is 2. The average Bonchev–Trinajstić information content (AvgIpc) is 2.67. The number of nitrogens with one attached hydrogen (secondary N) is 1. The molecular weight excluding hydrogens is 424 g/mol. The fourth-order valence-electron chi connectivity index (χ4n) is 5.56. The number of aromatic hydroxyl groups is 1. The Hall–Kier alpha value is -2.93. The first kappa shape index (κ1) is 24.2. The van der Waals surface area contributed by atoms with Crippen molar-refractivity contribution in [1.29, 1.82) is 0 Å². The number of aromatic nitrogens is 1. The zero-order valence-electron chi connectivity index (χ0n) is 21.4. The molecule has 2 aromatic rings. The van der Waals surface area contributed by atoms with Gasteiger partial charge < -0.3 is 31.7 Å². The number of phenolic OH excluding ortho intramolecular Hbond substituents is 1. The van der Waals surface area contributed by atoms with Gasteiger partial charge in [-0.1, -0.05) is 0 Å². The minimum Gasteiger partial charge on any atom is -0.507 e. The lowest BCUT2D eigenvalue weighted by Crippen LogP contribution is -2.61. The number of hydrogen-bond donors (Lipinski definition) is 4. The van der Waals surface area contributed by atoms with Gasteiger partial charge in [-0.25, -0.2) is 0 Å². The molecule has 0 bridgehead atoms. The van der Waals surface area contributed by atoms with Gasteiger partial charge in [0.2, 0.25) is 0 Å². The molecule has 184 valence electrons. The summed E-state index contributed by atoms with van der Waals surface area (Å²) in [5, 5.41) is 15.4. The molecule has 6 N–H and O–H groups in total. The van der Waals surface area contributed by atoms with Crippen molar-refractivity contribution in [2.45, 2.75) is 71.0 Å². The summed E-state index contributed by atoms with van der Waals surface area (Å²) in [4.78, 5) is 9.10. The summed E-state index contributed by atoms with van der Waals surface area (Å²) >= 11 is 0. The first-order valence-electron chi connectivity index (χ1n) is 12.2. The molecular formula is C27H40N6O. The largest absolute Gasteiger partial charge is 0.507 e. The van der Waals surface area contributed by atoms with E-state index in [1.807, 2.05) is 26.1 Å². The number of nitrogens with zero attached hydrogens (tertiary/aromatic N) is 3. The number of hydrogen-bond acceptors (Lipinski definition) is 7. The Bertz CT molecular complexity index is 1130. The highest BCUT2D eigenvalue weighted by atomic mass is 16.3. The SMILES string of the molecule is Cc1cc(N2CCC2)c2cc(/C(N)=C/C=C(\N)N(C)C3CC(C)(C)NC(C)(C)C3)c(O)cc2n1. The van der Waals surface area contributed by atoms with Crippen molar-refractivity contribution in [2.24, 2.45) is 11.5 Å². The van der Waals surface area contributed by atoms with Crippen molar-refractivity contribution >= 4 is 22.3 Å². The summed E-state index contributed by atoms with van der Waals surface area (Å²) in [6.07, 6.45) is 6.81. The maximum absolute atomic E-state index is 10.7. The molecule has 4 rings (SSSR count). The minimum absolute atomic E-state index is 0.0350. The number of phenols is 1. The van der Waals surface area contributed by atoms with E-state index in [9.17, 15) is 5.11 Å². The lowest BCUT2D eigenvalue weighted by Gasteiger charge is -2.49. The van der Waals surface area contributed by atoms with Crippen molar-refractivity contribution in [3.05, 3.63) is 47.4 Å². The van der Waals surface area contributed by atoms with Crippen LogP contribution >= 0.6 is 0 Å². The van der Waals surface area contributed by atoms with Crippen LogP contribution in [-0.2, 0) is 0 Å². The van der Waals surface area contributed by atoms with Crippen LogP contribution in [0.2, 0.25) is 0 Å². The van der Waals surface area contributed by atoms with Crippen LogP contribution in [0.5, 0.6) is 5.75 Å². The summed E-state index contributed by atoms with van der Waals surface area (Å²) in [5.41, 5.74) is 16.9. The van der Waals surface area contributed by atoms with Crippen LogP contribution in [0.25, 0.3) is 16.6 Å². The van der Waals surface area contributed by atoms with Crippen LogP contribution in [0.3, 0.4) is 0 Å². The van der Waals surface area contributed by atoms with Crippen molar-refractivity contribution in [3.8, 4) is 5.75 Å². The van der Waals surface area contributed by atoms with Crippen LogP contribution in [-0.4, -0.2) is 52.2 Å². The number of pyridine rings is 1. The third-order valence-corrected chi connectivity index (χ3v) is 7.10. The summed E-state index contributed by atoms with van der Waals surface area (Å²) in [7, 11) is 2.04. The molecule has 0 spiro atoms. The molecule has 0 atom stereocenters. The highest BCUT2D eigenvalue weighted by Gasteiger charge is 2.39. The molecule has 2 aliphatic rings. The number of anilines is 1. The molecule has 0 unspecified atom stereocenters. The Balaban J connectivity index is 1.61. The summed E-state index contributed by atoms with van der Waals surface area (Å²) in [5.74, 6) is 0.774. The molecule has 3 heterocycles. The Morgan fingerprint density at radius 1 is 1.12 bits per heavy atom. The number of benzene rings is 1. The third-order valence-electron chi connectivity index (χ3n) is 7.10. The molecule has 0 aliphatic carbocycles. The van der Waals surface area contributed by atoms with Gasteiger partial charge >= 0.3 is 0 Å². The molecule has 0 amide bonds. The monoisotopic (exact) mass is 464 g/mol. The number of fused-ring (bicyclic) bond motifs is 1. The van der Waals surface area contributed by atoms with Gasteiger partial charge in [0.25, 0.3) is 0 Å². The molecule has 0 saturated carbocycles. The van der Waals surface area contributed by atoms with Gasteiger partial charge in [0.05, 0.1) is 11.3 Å². The van der Waals surface area contributed by atoms with Crippen LogP contribution in [0.1, 0.15) is 58.2 Å². The molecule has 7 nitrogen and oxygen atoms in total. The lowest BCUT2D eigenvalue weighted by molar-refractivity contribution is 0.0981. The molecule has 2 aliphatic heterocycles. The maximum Gasteiger partial charge on any atom is 0.127 e. The van der Waals surface area contributed by atoms with E-state index in [0.29, 0.717) is 23.1 Å². The van der Waals surface area contributed by atoms with Gasteiger partial charge in [-0.05, 0) is 78.2 Å². The van der Waals surface area contributed by atoms with Crippen LogP contribution in [0.15, 0.2) is 36.2 Å². The fraction of sp³-hybridized carbons (Fsp3) is 0.519. The van der Waals surface area contributed by atoms with E-state index < -0.39 is 0 Å². The van der Waals surface area contributed by atoms with Crippen molar-refractivity contribution in [1.82, 2.24) is 15.2 Å². The quantitative estimate of drug-likeness (QED) is 0.499. The fourth-order valence-corrected chi connectivity index (χ4v) is 5.56. The standard InChI is InChI=1S/C27H40N6O/c1-17-12-23(33-10-7-11-33)20-13-19(24(34)14-22(20)30-17)21(28)8-9-25(29)32(6)18-15-26(2,3)31-27(4,5)16-18/h8-9,12-14,18,31,34H,7,10-11,15-16,28-29H2,1-6H3/b21-8-,25-9+. The second-order valence-electron chi connectivity index (χ2n) is 11.3. The average molecular weight is 465 g/mol. The molecule has 1 aromatic heterocycles. The Morgan fingerprint density at radius 2 is 1.76 bits per heavy atom. The van der Waals surface area contributed by atoms with Crippen LogP contribution in [0.4, 0.5) is 5.69 Å². The van der Waals surface area contributed by atoms with E-state index in [4.69, 9.17) is 11.5 Å². The van der Waals surface area contributed by atoms with Crippen LogP contribution in [0, 0.1) is 6.92 Å². The Labute approximate surface area is 203 Å². The third kappa shape index (κ3) is 4.94. The predicted molar refractivity (Wildman–Crippen MR) is 141 cm³/mol. The maximum atomic E-state index is 10.7. The van der Waals surface area contributed by atoms with E-state index in [0.717, 1.165) is 48.2 Å². The number of rotatable bonds is 5. The van der Waals surface area contributed by atoms with Crippen molar-refractivity contribution in [2.75, 3.05) is 25.0 Å². The van der Waals surface area contributed by atoms with E-state index in [1.165, 1.54) is 6.42 Å². The molecule has 2 saturated heterocycles. The zero-order chi connectivity index (χ0) is 24.8. The molecule has 0 radical (unpaired) electrons. The van der Waals surface area contributed by atoms with Gasteiger partial charge in [-0.3, -0.25) is 4.98 Å². The van der Waals surface area contributed by atoms with Crippen molar-refractivity contribution < 1.29 is 5.11 Å². The number of allylic oxidation sites excluding steroid dienone is 2. The highest BCUT2D eigenvalue weighted by molar-refractivity contribution is 5.96. The molecule has 34 heavy (non-hydrogen) atoms. The van der Waals surface area contributed by atoms with Gasteiger partial charge in [0, 0.05) is 71.4 Å². The van der Waals surface area contributed by atoms with E-state index in [1.54, 1.807) is 12.1 Å². The van der Waals surface area contributed by atoms with E-state index in [2.05, 4.69) is 53.9 Å². The predicted octanol–water partition coefficient (Wildman–Crippen LogP) is 3.80. The second-order valence-corrected chi connectivity index (χ2v) is 11.3. The van der Waals surface area contributed by atoms with Gasteiger partial charge in [-0.2, -0.15) is 0 Å². The number of piperidine rings is 1. The molecule has 1 aromatic carbocycles. The smallest absolute Gasteiger partial charge is 0.127 e. The summed E-state index contributed by atoms with van der Waals surface area (Å²) < 4.78 is 0. The van der Waals surface area contributed by atoms with Crippen LogP contribution < -0.4 is 21.7 Å². The van der Waals surface area contributed by atoms with E-state index >= 15 is 0 Å². The zero-order valence-corrected chi connectivity index (χ0v) is 21.4. The molecule has 7 heteroatoms.